The molecule has 1 aliphatic heterocycles. The fraction of sp³-hybridized carbons (Fsp3) is 0.533. The lowest BCUT2D eigenvalue weighted by atomic mass is 9.95. The molecule has 6 heteroatoms. The second-order valence-corrected chi connectivity index (χ2v) is 5.41. The molecule has 1 aromatic rings. The SMILES string of the molecule is Cc1nc(C(=O)N2CCCC(CCO)C2)ccc1C(=O)O. The Kier molecular flexibility index (Phi) is 4.90. The maximum atomic E-state index is 12.4. The van der Waals surface area contributed by atoms with Gasteiger partial charge in [-0.05, 0) is 44.2 Å². The number of aliphatic hydroxyl groups excluding tert-OH is 1. The van der Waals surface area contributed by atoms with E-state index in [1.54, 1.807) is 11.8 Å². The van der Waals surface area contributed by atoms with Crippen LogP contribution in [-0.2, 0) is 0 Å². The van der Waals surface area contributed by atoms with E-state index in [0.29, 0.717) is 31.1 Å². The number of aromatic nitrogens is 1. The molecule has 1 aromatic heterocycles. The van der Waals surface area contributed by atoms with Gasteiger partial charge in [0, 0.05) is 19.7 Å². The van der Waals surface area contributed by atoms with Crippen LogP contribution < -0.4 is 0 Å². The fourth-order valence-corrected chi connectivity index (χ4v) is 2.74. The highest BCUT2D eigenvalue weighted by atomic mass is 16.4. The standard InChI is InChI=1S/C15H20N2O4/c1-10-12(15(20)21)4-5-13(16-10)14(19)17-7-2-3-11(9-17)6-8-18/h4-5,11,18H,2-3,6-9H2,1H3,(H,20,21). The number of piperidine rings is 1. The Morgan fingerprint density at radius 3 is 2.81 bits per heavy atom. The molecular weight excluding hydrogens is 272 g/mol. The third-order valence-corrected chi connectivity index (χ3v) is 3.88. The van der Waals surface area contributed by atoms with Gasteiger partial charge in [0.1, 0.15) is 5.69 Å². The van der Waals surface area contributed by atoms with Gasteiger partial charge in [0.15, 0.2) is 0 Å². The summed E-state index contributed by atoms with van der Waals surface area (Å²) in [5, 5.41) is 18.0. The summed E-state index contributed by atoms with van der Waals surface area (Å²) in [4.78, 5) is 29.3. The van der Waals surface area contributed by atoms with Crippen LogP contribution in [0.2, 0.25) is 0 Å². The normalized spacial score (nSPS) is 18.6. The Labute approximate surface area is 123 Å². The number of amides is 1. The van der Waals surface area contributed by atoms with Crippen molar-refractivity contribution in [3.8, 4) is 0 Å². The highest BCUT2D eigenvalue weighted by molar-refractivity contribution is 5.94. The summed E-state index contributed by atoms with van der Waals surface area (Å²) < 4.78 is 0. The van der Waals surface area contributed by atoms with Crippen molar-refractivity contribution in [1.29, 1.82) is 0 Å². The summed E-state index contributed by atoms with van der Waals surface area (Å²) in [5.41, 5.74) is 0.739. The van der Waals surface area contributed by atoms with Gasteiger partial charge in [-0.1, -0.05) is 0 Å². The van der Waals surface area contributed by atoms with Crippen molar-refractivity contribution in [3.63, 3.8) is 0 Å². The zero-order valence-corrected chi connectivity index (χ0v) is 12.1. The number of aryl methyl sites for hydroxylation is 1. The summed E-state index contributed by atoms with van der Waals surface area (Å²) in [6.07, 6.45) is 2.64. The number of hydrogen-bond acceptors (Lipinski definition) is 4. The number of rotatable bonds is 4. The minimum absolute atomic E-state index is 0.114. The van der Waals surface area contributed by atoms with E-state index in [-0.39, 0.29) is 23.8 Å². The van der Waals surface area contributed by atoms with Crippen LogP contribution in [0.3, 0.4) is 0 Å². The van der Waals surface area contributed by atoms with Crippen molar-refractivity contribution in [2.45, 2.75) is 26.2 Å². The first-order chi connectivity index (χ1) is 10.0. The summed E-state index contributed by atoms with van der Waals surface area (Å²) >= 11 is 0. The molecule has 1 amide bonds. The summed E-state index contributed by atoms with van der Waals surface area (Å²) in [6, 6.07) is 2.89. The van der Waals surface area contributed by atoms with Gasteiger partial charge in [-0.2, -0.15) is 0 Å². The van der Waals surface area contributed by atoms with Gasteiger partial charge in [0.05, 0.1) is 11.3 Å². The molecule has 2 rings (SSSR count). The first kappa shape index (κ1) is 15.4. The lowest BCUT2D eigenvalue weighted by molar-refractivity contribution is 0.0643. The predicted molar refractivity (Wildman–Crippen MR) is 76.3 cm³/mol. The summed E-state index contributed by atoms with van der Waals surface area (Å²) in [5.74, 6) is -0.884. The molecule has 1 aliphatic rings. The van der Waals surface area contributed by atoms with Gasteiger partial charge in [0.2, 0.25) is 0 Å². The molecule has 2 heterocycles. The smallest absolute Gasteiger partial charge is 0.337 e. The predicted octanol–water partition coefficient (Wildman–Crippen LogP) is 1.32. The average Bonchev–Trinajstić information content (AvgIpc) is 2.46. The van der Waals surface area contributed by atoms with Crippen LogP contribution in [0.1, 0.15) is 45.8 Å². The molecule has 1 atom stereocenters. The van der Waals surface area contributed by atoms with Crippen molar-refractivity contribution >= 4 is 11.9 Å². The van der Waals surface area contributed by atoms with E-state index in [9.17, 15) is 9.59 Å². The Morgan fingerprint density at radius 1 is 1.43 bits per heavy atom. The lowest BCUT2D eigenvalue weighted by Gasteiger charge is -2.32. The van der Waals surface area contributed by atoms with Crippen LogP contribution >= 0.6 is 0 Å². The van der Waals surface area contributed by atoms with E-state index in [4.69, 9.17) is 10.2 Å². The second kappa shape index (κ2) is 6.67. The maximum absolute atomic E-state index is 12.4. The molecule has 0 saturated carbocycles. The van der Waals surface area contributed by atoms with Crippen LogP contribution in [0.5, 0.6) is 0 Å². The summed E-state index contributed by atoms with van der Waals surface area (Å²) in [6.45, 7) is 3.03. The fourth-order valence-electron chi connectivity index (χ4n) is 2.74. The number of carbonyl (C=O) groups excluding carboxylic acids is 1. The Morgan fingerprint density at radius 2 is 2.19 bits per heavy atom. The van der Waals surface area contributed by atoms with E-state index in [2.05, 4.69) is 4.98 Å². The van der Waals surface area contributed by atoms with Crippen molar-refractivity contribution in [2.24, 2.45) is 5.92 Å². The molecule has 0 aliphatic carbocycles. The van der Waals surface area contributed by atoms with E-state index in [0.717, 1.165) is 12.8 Å². The molecule has 6 nitrogen and oxygen atoms in total. The number of aromatic carboxylic acids is 1. The van der Waals surface area contributed by atoms with Crippen molar-refractivity contribution < 1.29 is 19.8 Å². The van der Waals surface area contributed by atoms with E-state index in [1.165, 1.54) is 12.1 Å². The first-order valence-electron chi connectivity index (χ1n) is 7.14. The minimum atomic E-state index is -1.04. The van der Waals surface area contributed by atoms with Crippen molar-refractivity contribution in [3.05, 3.63) is 29.1 Å². The van der Waals surface area contributed by atoms with Crippen molar-refractivity contribution in [1.82, 2.24) is 9.88 Å². The van der Waals surface area contributed by atoms with E-state index in [1.807, 2.05) is 0 Å². The van der Waals surface area contributed by atoms with Crippen LogP contribution in [0.15, 0.2) is 12.1 Å². The van der Waals surface area contributed by atoms with Crippen LogP contribution in [0.4, 0.5) is 0 Å². The topological polar surface area (TPSA) is 90.7 Å². The van der Waals surface area contributed by atoms with Gasteiger partial charge in [-0.15, -0.1) is 0 Å². The quantitative estimate of drug-likeness (QED) is 0.873. The number of carboxylic acids is 1. The molecule has 0 aromatic carbocycles. The van der Waals surface area contributed by atoms with Gasteiger partial charge >= 0.3 is 5.97 Å². The van der Waals surface area contributed by atoms with Crippen molar-refractivity contribution in [2.75, 3.05) is 19.7 Å². The Bertz CT molecular complexity index is 542. The Hall–Kier alpha value is -1.95. The van der Waals surface area contributed by atoms with Gasteiger partial charge in [-0.25, -0.2) is 9.78 Å². The number of hydrogen-bond donors (Lipinski definition) is 2. The number of aliphatic hydroxyl groups is 1. The van der Waals surface area contributed by atoms with E-state index < -0.39 is 5.97 Å². The molecule has 0 radical (unpaired) electrons. The number of carboxylic acid groups (broad SMARTS) is 1. The van der Waals surface area contributed by atoms with Gasteiger partial charge in [-0.3, -0.25) is 4.79 Å². The van der Waals surface area contributed by atoms with Crippen LogP contribution in [-0.4, -0.2) is 51.7 Å². The molecule has 0 spiro atoms. The molecule has 1 fully saturated rings. The molecule has 1 saturated heterocycles. The highest BCUT2D eigenvalue weighted by Gasteiger charge is 2.25. The lowest BCUT2D eigenvalue weighted by Crippen LogP contribution is -2.40. The number of carbonyl (C=O) groups is 2. The molecule has 114 valence electrons. The highest BCUT2D eigenvalue weighted by Crippen LogP contribution is 2.21. The van der Waals surface area contributed by atoms with Gasteiger partial charge < -0.3 is 15.1 Å². The average molecular weight is 292 g/mol. The Balaban J connectivity index is 2.12. The second-order valence-electron chi connectivity index (χ2n) is 5.41. The van der Waals surface area contributed by atoms with Crippen LogP contribution in [0, 0.1) is 12.8 Å². The minimum Gasteiger partial charge on any atom is -0.478 e. The monoisotopic (exact) mass is 292 g/mol. The number of nitrogens with zero attached hydrogens (tertiary/aromatic N) is 2. The van der Waals surface area contributed by atoms with Crippen LogP contribution in [0.25, 0.3) is 0 Å². The number of pyridine rings is 1. The summed E-state index contributed by atoms with van der Waals surface area (Å²) in [7, 11) is 0. The molecular formula is C15H20N2O4. The molecule has 2 N–H and O–H groups in total. The zero-order chi connectivity index (χ0) is 15.4. The maximum Gasteiger partial charge on any atom is 0.337 e. The van der Waals surface area contributed by atoms with Gasteiger partial charge in [0.25, 0.3) is 5.91 Å². The zero-order valence-electron chi connectivity index (χ0n) is 12.1. The first-order valence-corrected chi connectivity index (χ1v) is 7.14. The molecule has 1 unspecified atom stereocenters. The van der Waals surface area contributed by atoms with E-state index >= 15 is 0 Å². The third-order valence-electron chi connectivity index (χ3n) is 3.88. The molecule has 0 bridgehead atoms. The largest absolute Gasteiger partial charge is 0.478 e. The molecule has 21 heavy (non-hydrogen) atoms. The third kappa shape index (κ3) is 3.58. The number of likely N-dealkylation sites (tertiary alicyclic amines) is 1.